The van der Waals surface area contributed by atoms with Gasteiger partial charge in [0.2, 0.25) is 0 Å². The van der Waals surface area contributed by atoms with Crippen LogP contribution in [0.4, 0.5) is 10.1 Å². The van der Waals surface area contributed by atoms with Gasteiger partial charge in [0.25, 0.3) is 5.91 Å². The number of hydrogen-bond acceptors (Lipinski definition) is 4. The number of ether oxygens (including phenoxy) is 1. The number of halogens is 1. The molecule has 1 heterocycles. The molecule has 1 amide bonds. The van der Waals surface area contributed by atoms with Crippen LogP contribution in [0.15, 0.2) is 65.5 Å². The third kappa shape index (κ3) is 3.45. The molecule has 0 radical (unpaired) electrons. The number of methoxy groups -OCH3 is 1. The molecule has 0 unspecified atom stereocenters. The molecule has 0 fully saturated rings. The van der Waals surface area contributed by atoms with Crippen molar-refractivity contribution in [1.82, 2.24) is 4.98 Å². The molecule has 6 nitrogen and oxygen atoms in total. The lowest BCUT2D eigenvalue weighted by molar-refractivity contribution is 0.0600. The Morgan fingerprint density at radius 2 is 1.66 bits per heavy atom. The summed E-state index contributed by atoms with van der Waals surface area (Å²) in [6, 6.07) is 14.9. The molecule has 144 valence electrons. The van der Waals surface area contributed by atoms with E-state index in [0.29, 0.717) is 22.3 Å². The third-order valence-corrected chi connectivity index (χ3v) is 4.56. The van der Waals surface area contributed by atoms with Crippen LogP contribution in [0.3, 0.4) is 0 Å². The summed E-state index contributed by atoms with van der Waals surface area (Å²) in [5.41, 5.74) is 1.65. The second-order valence-electron chi connectivity index (χ2n) is 6.43. The lowest BCUT2D eigenvalue weighted by atomic mass is 10.1. The van der Waals surface area contributed by atoms with Crippen LogP contribution in [-0.4, -0.2) is 24.0 Å². The highest BCUT2D eigenvalue weighted by Crippen LogP contribution is 2.19. The first kappa shape index (κ1) is 18.4. The van der Waals surface area contributed by atoms with Crippen molar-refractivity contribution in [2.75, 3.05) is 12.4 Å². The Kier molecular flexibility index (Phi) is 4.56. The van der Waals surface area contributed by atoms with Crippen molar-refractivity contribution < 1.29 is 18.7 Å². The van der Waals surface area contributed by atoms with Crippen LogP contribution in [0, 0.1) is 5.82 Å². The van der Waals surface area contributed by atoms with Crippen molar-refractivity contribution in [1.29, 1.82) is 0 Å². The summed E-state index contributed by atoms with van der Waals surface area (Å²) in [6.45, 7) is 0. The number of amides is 1. The Morgan fingerprint density at radius 1 is 0.931 bits per heavy atom. The third-order valence-electron chi connectivity index (χ3n) is 4.56. The van der Waals surface area contributed by atoms with Crippen LogP contribution < -0.4 is 10.7 Å². The minimum Gasteiger partial charge on any atom is -0.465 e. The Morgan fingerprint density at radius 3 is 2.41 bits per heavy atom. The monoisotopic (exact) mass is 390 g/mol. The SMILES string of the molecule is COC(=O)c1cccc(NC(=O)c2ccc3[nH]c4ccc(F)cc4c(=O)c3c2)c1. The summed E-state index contributed by atoms with van der Waals surface area (Å²) in [7, 11) is 1.27. The molecule has 0 spiro atoms. The zero-order chi connectivity index (χ0) is 20.5. The largest absolute Gasteiger partial charge is 0.465 e. The summed E-state index contributed by atoms with van der Waals surface area (Å²) >= 11 is 0. The molecular weight excluding hydrogens is 375 g/mol. The van der Waals surface area contributed by atoms with Gasteiger partial charge in [-0.1, -0.05) is 6.07 Å². The lowest BCUT2D eigenvalue weighted by Gasteiger charge is -2.08. The Balaban J connectivity index is 1.71. The fraction of sp³-hybridized carbons (Fsp3) is 0.0455. The van der Waals surface area contributed by atoms with Crippen LogP contribution in [0.25, 0.3) is 21.8 Å². The van der Waals surface area contributed by atoms with Crippen LogP contribution in [0.1, 0.15) is 20.7 Å². The van der Waals surface area contributed by atoms with Crippen LogP contribution in [0.2, 0.25) is 0 Å². The Hall–Kier alpha value is -4.00. The number of pyridine rings is 1. The molecule has 2 N–H and O–H groups in total. The van der Waals surface area contributed by atoms with Gasteiger partial charge in [0.1, 0.15) is 5.82 Å². The van der Waals surface area contributed by atoms with E-state index in [1.807, 2.05) is 0 Å². The molecule has 0 aliphatic heterocycles. The molecule has 29 heavy (non-hydrogen) atoms. The highest BCUT2D eigenvalue weighted by atomic mass is 19.1. The highest BCUT2D eigenvalue weighted by molar-refractivity contribution is 6.07. The number of rotatable bonds is 3. The van der Waals surface area contributed by atoms with Crippen molar-refractivity contribution >= 4 is 39.4 Å². The molecule has 0 saturated carbocycles. The maximum Gasteiger partial charge on any atom is 0.337 e. The fourth-order valence-electron chi connectivity index (χ4n) is 3.13. The van der Waals surface area contributed by atoms with Gasteiger partial charge in [-0.3, -0.25) is 9.59 Å². The van der Waals surface area contributed by atoms with Crippen LogP contribution >= 0.6 is 0 Å². The highest BCUT2D eigenvalue weighted by Gasteiger charge is 2.12. The van der Waals surface area contributed by atoms with Gasteiger partial charge in [-0.25, -0.2) is 9.18 Å². The van der Waals surface area contributed by atoms with Crippen LogP contribution in [0.5, 0.6) is 0 Å². The van der Waals surface area contributed by atoms with Gasteiger partial charge in [0.15, 0.2) is 5.43 Å². The van der Waals surface area contributed by atoms with E-state index in [4.69, 9.17) is 0 Å². The predicted molar refractivity (Wildman–Crippen MR) is 108 cm³/mol. The number of anilines is 1. The number of carbonyl (C=O) groups is 2. The molecule has 0 atom stereocenters. The average Bonchev–Trinajstić information content (AvgIpc) is 2.74. The molecule has 4 aromatic rings. The van der Waals surface area contributed by atoms with E-state index in [0.717, 1.165) is 0 Å². The van der Waals surface area contributed by atoms with E-state index in [9.17, 15) is 18.8 Å². The van der Waals surface area contributed by atoms with Crippen molar-refractivity contribution in [3.8, 4) is 0 Å². The first-order valence-corrected chi connectivity index (χ1v) is 8.71. The maximum absolute atomic E-state index is 13.5. The van der Waals surface area contributed by atoms with Gasteiger partial charge >= 0.3 is 5.97 Å². The normalized spacial score (nSPS) is 10.8. The topological polar surface area (TPSA) is 88.3 Å². The number of carbonyl (C=O) groups excluding carboxylic acids is 2. The molecule has 1 aromatic heterocycles. The quantitative estimate of drug-likeness (QED) is 0.411. The number of esters is 1. The van der Waals surface area contributed by atoms with E-state index in [2.05, 4.69) is 15.0 Å². The first-order valence-electron chi connectivity index (χ1n) is 8.71. The minimum absolute atomic E-state index is 0.209. The van der Waals surface area contributed by atoms with E-state index in [1.54, 1.807) is 30.3 Å². The van der Waals surface area contributed by atoms with E-state index < -0.39 is 17.7 Å². The standard InChI is InChI=1S/C22H15FN2O4/c1-29-22(28)13-3-2-4-15(9-13)24-21(27)12-5-7-18-16(10-12)20(26)17-11-14(23)6-8-19(17)25-18/h2-11H,1H3,(H,24,27)(H,25,26). The smallest absolute Gasteiger partial charge is 0.337 e. The van der Waals surface area contributed by atoms with Crippen molar-refractivity contribution in [2.45, 2.75) is 0 Å². The molecule has 3 aromatic carbocycles. The zero-order valence-corrected chi connectivity index (χ0v) is 15.3. The second-order valence-corrected chi connectivity index (χ2v) is 6.43. The summed E-state index contributed by atoms with van der Waals surface area (Å²) in [5.74, 6) is -1.48. The molecule has 0 aliphatic carbocycles. The second kappa shape index (κ2) is 7.20. The number of fused-ring (bicyclic) bond motifs is 2. The molecule has 7 heteroatoms. The van der Waals surface area contributed by atoms with Gasteiger partial charge in [0, 0.05) is 33.1 Å². The minimum atomic E-state index is -0.516. The van der Waals surface area contributed by atoms with E-state index >= 15 is 0 Å². The van der Waals surface area contributed by atoms with Crippen molar-refractivity contribution in [3.63, 3.8) is 0 Å². The number of aromatic nitrogens is 1. The van der Waals surface area contributed by atoms with Gasteiger partial charge in [-0.15, -0.1) is 0 Å². The molecule has 0 aliphatic rings. The van der Waals surface area contributed by atoms with Gasteiger partial charge in [-0.05, 0) is 54.6 Å². The summed E-state index contributed by atoms with van der Waals surface area (Å²) in [4.78, 5) is 40.1. The number of nitrogens with one attached hydrogen (secondary N) is 2. The average molecular weight is 390 g/mol. The Labute approximate surface area is 163 Å². The first-order chi connectivity index (χ1) is 14.0. The van der Waals surface area contributed by atoms with E-state index in [1.165, 1.54) is 37.4 Å². The van der Waals surface area contributed by atoms with E-state index in [-0.39, 0.29) is 21.8 Å². The van der Waals surface area contributed by atoms with Gasteiger partial charge in [-0.2, -0.15) is 0 Å². The van der Waals surface area contributed by atoms with Gasteiger partial charge in [0.05, 0.1) is 12.7 Å². The summed E-state index contributed by atoms with van der Waals surface area (Å²) in [5, 5.41) is 3.18. The van der Waals surface area contributed by atoms with Crippen molar-refractivity contribution in [3.05, 3.63) is 87.8 Å². The summed E-state index contributed by atoms with van der Waals surface area (Å²) < 4.78 is 18.2. The lowest BCUT2D eigenvalue weighted by Crippen LogP contribution is -2.14. The Bertz CT molecular complexity index is 1340. The molecular formula is C22H15FN2O4. The van der Waals surface area contributed by atoms with Gasteiger partial charge < -0.3 is 15.0 Å². The fourth-order valence-corrected chi connectivity index (χ4v) is 3.13. The maximum atomic E-state index is 13.5. The summed E-state index contributed by atoms with van der Waals surface area (Å²) in [6.07, 6.45) is 0. The zero-order valence-electron chi connectivity index (χ0n) is 15.3. The number of aromatic amines is 1. The number of benzene rings is 3. The number of hydrogen-bond donors (Lipinski definition) is 2. The van der Waals surface area contributed by atoms with Crippen molar-refractivity contribution in [2.24, 2.45) is 0 Å². The molecule has 0 saturated heterocycles. The number of H-pyrrole nitrogens is 1. The molecule has 4 rings (SSSR count). The van der Waals surface area contributed by atoms with Crippen LogP contribution in [-0.2, 0) is 4.74 Å². The molecule has 0 bridgehead atoms. The predicted octanol–water partition coefficient (Wildman–Crippen LogP) is 3.86.